The molecule has 0 heterocycles. The molecule has 1 fully saturated rings. The van der Waals surface area contributed by atoms with Crippen molar-refractivity contribution in [2.24, 2.45) is 17.6 Å². The number of hydrogen-bond acceptors (Lipinski definition) is 3. The first kappa shape index (κ1) is 20.9. The fourth-order valence-electron chi connectivity index (χ4n) is 3.76. The van der Waals surface area contributed by atoms with Gasteiger partial charge in [0.15, 0.2) is 0 Å². The monoisotopic (exact) mass is 402 g/mol. The lowest BCUT2D eigenvalue weighted by Gasteiger charge is -2.35. The van der Waals surface area contributed by atoms with Crippen molar-refractivity contribution in [3.8, 4) is 0 Å². The molecule has 0 aliphatic heterocycles. The Morgan fingerprint density at radius 3 is 2.68 bits per heavy atom. The SMILES string of the molecule is CC[C@H](C)[C@@H](C(N)=O)N(Cc1cccc(Cl)c1Cl)C[C@@H]1CC[C@H](S)C1. The molecule has 0 saturated heterocycles. The molecule has 1 saturated carbocycles. The van der Waals surface area contributed by atoms with E-state index in [-0.39, 0.29) is 17.9 Å². The number of nitrogens with zero attached hydrogens (tertiary/aromatic N) is 1. The predicted molar refractivity (Wildman–Crippen MR) is 109 cm³/mol. The number of carbonyl (C=O) groups is 1. The highest BCUT2D eigenvalue weighted by Gasteiger charge is 2.32. The standard InChI is InChI=1S/C19H28Cl2N2OS/c1-3-12(2)18(19(22)24)23(10-13-7-8-15(25)9-13)11-14-5-4-6-16(20)17(14)21/h4-6,12-13,15,18,25H,3,7-11H2,1-2H3,(H2,22,24)/t12-,13+,15-,18-/m0/s1. The fourth-order valence-corrected chi connectivity index (χ4v) is 4.58. The van der Waals surface area contributed by atoms with Crippen LogP contribution in [-0.2, 0) is 11.3 Å². The van der Waals surface area contributed by atoms with Crippen LogP contribution in [0.2, 0.25) is 10.0 Å². The van der Waals surface area contributed by atoms with Crippen LogP contribution in [0.1, 0.15) is 45.1 Å². The number of benzene rings is 1. The molecule has 0 bridgehead atoms. The maximum atomic E-state index is 12.2. The molecule has 140 valence electrons. The van der Waals surface area contributed by atoms with E-state index in [9.17, 15) is 4.79 Å². The Morgan fingerprint density at radius 2 is 2.12 bits per heavy atom. The molecular weight excluding hydrogens is 375 g/mol. The van der Waals surface area contributed by atoms with Gasteiger partial charge in [0.2, 0.25) is 5.91 Å². The van der Waals surface area contributed by atoms with Crippen molar-refractivity contribution < 1.29 is 4.79 Å². The molecule has 1 aliphatic carbocycles. The Balaban J connectivity index is 2.26. The van der Waals surface area contributed by atoms with E-state index in [1.165, 1.54) is 0 Å². The van der Waals surface area contributed by atoms with E-state index in [1.807, 2.05) is 12.1 Å². The summed E-state index contributed by atoms with van der Waals surface area (Å²) in [5, 5.41) is 1.55. The van der Waals surface area contributed by atoms with Crippen LogP contribution in [0.5, 0.6) is 0 Å². The normalized spacial score (nSPS) is 23.0. The molecule has 1 amide bonds. The Kier molecular flexibility index (Phi) is 7.93. The van der Waals surface area contributed by atoms with Crippen LogP contribution >= 0.6 is 35.8 Å². The highest BCUT2D eigenvalue weighted by atomic mass is 35.5. The van der Waals surface area contributed by atoms with Gasteiger partial charge in [-0.25, -0.2) is 0 Å². The van der Waals surface area contributed by atoms with E-state index in [4.69, 9.17) is 28.9 Å². The van der Waals surface area contributed by atoms with Crippen molar-refractivity contribution in [1.82, 2.24) is 4.90 Å². The minimum absolute atomic E-state index is 0.184. The average molecular weight is 403 g/mol. The quantitative estimate of drug-likeness (QED) is 0.613. The van der Waals surface area contributed by atoms with Crippen molar-refractivity contribution in [2.45, 2.75) is 57.4 Å². The molecule has 3 nitrogen and oxygen atoms in total. The largest absolute Gasteiger partial charge is 0.368 e. The number of nitrogens with two attached hydrogens (primary N) is 1. The Hall–Kier alpha value is -0.420. The minimum Gasteiger partial charge on any atom is -0.368 e. The molecule has 0 radical (unpaired) electrons. The van der Waals surface area contributed by atoms with E-state index < -0.39 is 0 Å². The van der Waals surface area contributed by atoms with Gasteiger partial charge in [0.25, 0.3) is 0 Å². The van der Waals surface area contributed by atoms with Crippen LogP contribution in [0.15, 0.2) is 18.2 Å². The lowest BCUT2D eigenvalue weighted by molar-refractivity contribution is -0.125. The van der Waals surface area contributed by atoms with Crippen molar-refractivity contribution in [2.75, 3.05) is 6.54 Å². The molecule has 2 N–H and O–H groups in total. The molecular formula is C19H28Cl2N2OS. The molecule has 1 aromatic carbocycles. The zero-order chi connectivity index (χ0) is 18.6. The van der Waals surface area contributed by atoms with Crippen molar-refractivity contribution >= 4 is 41.7 Å². The zero-order valence-electron chi connectivity index (χ0n) is 14.9. The van der Waals surface area contributed by atoms with Gasteiger partial charge in [-0.05, 0) is 42.7 Å². The van der Waals surface area contributed by atoms with Gasteiger partial charge >= 0.3 is 0 Å². The number of amides is 1. The summed E-state index contributed by atoms with van der Waals surface area (Å²) in [7, 11) is 0. The van der Waals surface area contributed by atoms with Crippen molar-refractivity contribution in [1.29, 1.82) is 0 Å². The molecule has 1 aromatic rings. The Labute approximate surface area is 166 Å². The van der Waals surface area contributed by atoms with Gasteiger partial charge in [0, 0.05) is 18.3 Å². The summed E-state index contributed by atoms with van der Waals surface area (Å²) in [6.45, 7) is 5.57. The summed E-state index contributed by atoms with van der Waals surface area (Å²) in [5.74, 6) is 0.447. The summed E-state index contributed by atoms with van der Waals surface area (Å²) in [6, 6.07) is 5.33. The van der Waals surface area contributed by atoms with E-state index in [2.05, 4.69) is 31.4 Å². The Morgan fingerprint density at radius 1 is 1.40 bits per heavy atom. The molecule has 25 heavy (non-hydrogen) atoms. The maximum absolute atomic E-state index is 12.2. The van der Waals surface area contributed by atoms with E-state index in [1.54, 1.807) is 6.07 Å². The van der Waals surface area contributed by atoms with Gasteiger partial charge in [-0.1, -0.05) is 55.6 Å². The minimum atomic E-state index is -0.306. The summed E-state index contributed by atoms with van der Waals surface area (Å²) >= 11 is 17.2. The smallest absolute Gasteiger partial charge is 0.235 e. The second kappa shape index (κ2) is 9.50. The highest BCUT2D eigenvalue weighted by Crippen LogP contribution is 2.33. The molecule has 6 heteroatoms. The third-order valence-corrected chi connectivity index (χ3v) is 6.61. The van der Waals surface area contributed by atoms with Crippen LogP contribution in [0.3, 0.4) is 0 Å². The lowest BCUT2D eigenvalue weighted by Crippen LogP contribution is -2.49. The van der Waals surface area contributed by atoms with Crippen LogP contribution in [0.4, 0.5) is 0 Å². The maximum Gasteiger partial charge on any atom is 0.235 e. The van der Waals surface area contributed by atoms with Crippen LogP contribution in [-0.4, -0.2) is 28.6 Å². The molecule has 4 atom stereocenters. The lowest BCUT2D eigenvalue weighted by atomic mass is 9.94. The summed E-state index contributed by atoms with van der Waals surface area (Å²) in [4.78, 5) is 14.4. The van der Waals surface area contributed by atoms with Gasteiger partial charge in [-0.2, -0.15) is 12.6 Å². The van der Waals surface area contributed by atoms with Crippen LogP contribution in [0, 0.1) is 11.8 Å². The Bertz CT molecular complexity index is 599. The summed E-state index contributed by atoms with van der Waals surface area (Å²) < 4.78 is 0. The zero-order valence-corrected chi connectivity index (χ0v) is 17.3. The number of thiol groups is 1. The molecule has 1 aliphatic rings. The molecule has 2 rings (SSSR count). The van der Waals surface area contributed by atoms with Gasteiger partial charge in [0.1, 0.15) is 0 Å². The number of hydrogen-bond donors (Lipinski definition) is 2. The average Bonchev–Trinajstić information content (AvgIpc) is 2.96. The number of halogens is 2. The summed E-state index contributed by atoms with van der Waals surface area (Å²) in [5.41, 5.74) is 6.72. The second-order valence-electron chi connectivity index (χ2n) is 7.21. The topological polar surface area (TPSA) is 46.3 Å². The second-order valence-corrected chi connectivity index (χ2v) is 8.72. The molecule has 0 unspecified atom stereocenters. The number of primary amides is 1. The highest BCUT2D eigenvalue weighted by molar-refractivity contribution is 7.80. The number of rotatable bonds is 8. The third kappa shape index (κ3) is 5.53. The molecule has 0 spiro atoms. The van der Waals surface area contributed by atoms with Gasteiger partial charge in [-0.3, -0.25) is 9.69 Å². The number of carbonyl (C=O) groups excluding carboxylic acids is 1. The first-order chi connectivity index (χ1) is 11.8. The first-order valence-corrected chi connectivity index (χ1v) is 10.2. The van der Waals surface area contributed by atoms with Crippen LogP contribution < -0.4 is 5.73 Å². The fraction of sp³-hybridized carbons (Fsp3) is 0.632. The van der Waals surface area contributed by atoms with Crippen molar-refractivity contribution in [3.05, 3.63) is 33.8 Å². The summed E-state index contributed by atoms with van der Waals surface area (Å²) in [6.07, 6.45) is 4.24. The van der Waals surface area contributed by atoms with E-state index in [0.717, 1.165) is 37.8 Å². The van der Waals surface area contributed by atoms with Gasteiger partial charge in [-0.15, -0.1) is 0 Å². The molecule has 0 aromatic heterocycles. The first-order valence-electron chi connectivity index (χ1n) is 8.97. The van der Waals surface area contributed by atoms with E-state index >= 15 is 0 Å². The van der Waals surface area contributed by atoms with Gasteiger partial charge < -0.3 is 5.73 Å². The van der Waals surface area contributed by atoms with Crippen molar-refractivity contribution in [3.63, 3.8) is 0 Å². The predicted octanol–water partition coefficient (Wildman–Crippen LogP) is 4.79. The van der Waals surface area contributed by atoms with Crippen LogP contribution in [0.25, 0.3) is 0 Å². The van der Waals surface area contributed by atoms with E-state index in [0.29, 0.717) is 27.8 Å². The van der Waals surface area contributed by atoms with Gasteiger partial charge in [0.05, 0.1) is 16.1 Å². The third-order valence-electron chi connectivity index (χ3n) is 5.28.